The van der Waals surface area contributed by atoms with Crippen molar-refractivity contribution in [3.8, 4) is 0 Å². The van der Waals surface area contributed by atoms with Crippen molar-refractivity contribution in [2.24, 2.45) is 0 Å². The molecule has 1 aromatic heterocycles. The summed E-state index contributed by atoms with van der Waals surface area (Å²) >= 11 is 3.31. The minimum Gasteiger partial charge on any atom is -0.444 e. The van der Waals surface area contributed by atoms with Crippen LogP contribution in [0.3, 0.4) is 0 Å². The number of amides is 1. The first-order valence-electron chi connectivity index (χ1n) is 6.50. The Balaban J connectivity index is 2.02. The second-order valence-electron chi connectivity index (χ2n) is 5.63. The molecule has 0 saturated carbocycles. The van der Waals surface area contributed by atoms with Gasteiger partial charge in [0.1, 0.15) is 10.2 Å². The molecule has 5 nitrogen and oxygen atoms in total. The van der Waals surface area contributed by atoms with Crippen LogP contribution in [0.15, 0.2) is 23.1 Å². The summed E-state index contributed by atoms with van der Waals surface area (Å²) in [4.78, 5) is 22.1. The number of aromatic nitrogens is 2. The van der Waals surface area contributed by atoms with Crippen molar-refractivity contribution in [3.63, 3.8) is 0 Å². The van der Waals surface area contributed by atoms with E-state index in [1.807, 2.05) is 26.8 Å². The van der Waals surface area contributed by atoms with Crippen molar-refractivity contribution in [3.05, 3.63) is 28.8 Å². The lowest BCUT2D eigenvalue weighted by molar-refractivity contribution is 0.0270. The van der Waals surface area contributed by atoms with Crippen molar-refractivity contribution in [2.75, 3.05) is 13.1 Å². The fourth-order valence-corrected chi connectivity index (χ4v) is 2.20. The third-order valence-corrected chi connectivity index (χ3v) is 3.18. The van der Waals surface area contributed by atoms with Crippen LogP contribution in [0.5, 0.6) is 0 Å². The SMILES string of the molecule is CC(C)(C)OC(=O)N1CC=C(c2cncc(Br)n2)CC1. The van der Waals surface area contributed by atoms with E-state index in [0.29, 0.717) is 17.7 Å². The molecule has 6 heteroatoms. The highest BCUT2D eigenvalue weighted by atomic mass is 79.9. The standard InChI is InChI=1S/C14H18BrN3O2/c1-14(2,3)20-13(19)18-6-4-10(5-7-18)11-8-16-9-12(15)17-11/h4,8-9H,5-7H2,1-3H3. The van der Waals surface area contributed by atoms with Gasteiger partial charge in [-0.3, -0.25) is 4.98 Å². The van der Waals surface area contributed by atoms with Crippen LogP contribution in [0, 0.1) is 0 Å². The minimum absolute atomic E-state index is 0.270. The zero-order valence-corrected chi connectivity index (χ0v) is 13.5. The van der Waals surface area contributed by atoms with Crippen molar-refractivity contribution in [2.45, 2.75) is 32.8 Å². The Bertz CT molecular complexity index is 537. The summed E-state index contributed by atoms with van der Waals surface area (Å²) in [5, 5.41) is 0. The quantitative estimate of drug-likeness (QED) is 0.787. The van der Waals surface area contributed by atoms with Crippen LogP contribution in [0.1, 0.15) is 32.9 Å². The molecule has 0 unspecified atom stereocenters. The summed E-state index contributed by atoms with van der Waals surface area (Å²) in [5.41, 5.74) is 1.50. The third-order valence-electron chi connectivity index (χ3n) is 2.79. The summed E-state index contributed by atoms with van der Waals surface area (Å²) in [6, 6.07) is 0. The topological polar surface area (TPSA) is 55.3 Å². The lowest BCUT2D eigenvalue weighted by atomic mass is 10.1. The van der Waals surface area contributed by atoms with Gasteiger partial charge in [0, 0.05) is 13.1 Å². The number of nitrogens with zero attached hydrogens (tertiary/aromatic N) is 3. The Kier molecular flexibility index (Phi) is 4.42. The minimum atomic E-state index is -0.461. The summed E-state index contributed by atoms with van der Waals surface area (Å²) in [6.07, 6.45) is 5.88. The monoisotopic (exact) mass is 339 g/mol. The lowest BCUT2D eigenvalue weighted by Crippen LogP contribution is -2.39. The highest BCUT2D eigenvalue weighted by Crippen LogP contribution is 2.22. The van der Waals surface area contributed by atoms with Crippen LogP contribution < -0.4 is 0 Å². The number of hydrogen-bond donors (Lipinski definition) is 0. The van der Waals surface area contributed by atoms with E-state index in [9.17, 15) is 4.79 Å². The molecule has 108 valence electrons. The van der Waals surface area contributed by atoms with E-state index < -0.39 is 5.60 Å². The van der Waals surface area contributed by atoms with Gasteiger partial charge in [0.15, 0.2) is 0 Å². The average Bonchev–Trinajstić information content (AvgIpc) is 2.37. The average molecular weight is 340 g/mol. The van der Waals surface area contributed by atoms with Gasteiger partial charge in [-0.2, -0.15) is 0 Å². The molecule has 0 saturated heterocycles. The van der Waals surface area contributed by atoms with Crippen LogP contribution in [-0.2, 0) is 4.74 Å². The number of rotatable bonds is 1. The number of carbonyl (C=O) groups excluding carboxylic acids is 1. The number of ether oxygens (including phenoxy) is 1. The molecule has 20 heavy (non-hydrogen) atoms. The Labute approximate surface area is 127 Å². The van der Waals surface area contributed by atoms with E-state index in [4.69, 9.17) is 4.74 Å². The van der Waals surface area contributed by atoms with E-state index in [2.05, 4.69) is 25.9 Å². The van der Waals surface area contributed by atoms with Crippen molar-refractivity contribution in [1.29, 1.82) is 0 Å². The normalized spacial score (nSPS) is 15.8. The maximum absolute atomic E-state index is 11.9. The predicted molar refractivity (Wildman–Crippen MR) is 80.1 cm³/mol. The van der Waals surface area contributed by atoms with Gasteiger partial charge in [-0.25, -0.2) is 9.78 Å². The molecule has 1 amide bonds. The number of hydrogen-bond acceptors (Lipinski definition) is 4. The van der Waals surface area contributed by atoms with Gasteiger partial charge < -0.3 is 9.64 Å². The zero-order chi connectivity index (χ0) is 14.8. The molecule has 1 aliphatic rings. The Morgan fingerprint density at radius 2 is 2.15 bits per heavy atom. The molecular weight excluding hydrogens is 322 g/mol. The Hall–Kier alpha value is -1.43. The van der Waals surface area contributed by atoms with Gasteiger partial charge >= 0.3 is 6.09 Å². The molecule has 0 bridgehead atoms. The predicted octanol–water partition coefficient (Wildman–Crippen LogP) is 3.26. The molecule has 0 atom stereocenters. The van der Waals surface area contributed by atoms with E-state index in [-0.39, 0.29) is 6.09 Å². The first-order valence-corrected chi connectivity index (χ1v) is 7.29. The number of carbonyl (C=O) groups is 1. The highest BCUT2D eigenvalue weighted by molar-refractivity contribution is 9.10. The maximum Gasteiger partial charge on any atom is 0.410 e. The van der Waals surface area contributed by atoms with Gasteiger partial charge in [0.05, 0.1) is 18.1 Å². The molecule has 0 spiro atoms. The molecule has 2 heterocycles. The van der Waals surface area contributed by atoms with Crippen LogP contribution in [-0.4, -0.2) is 39.7 Å². The first-order chi connectivity index (χ1) is 9.35. The molecule has 2 rings (SSSR count). The smallest absolute Gasteiger partial charge is 0.410 e. The third kappa shape index (κ3) is 4.03. The summed E-state index contributed by atoms with van der Waals surface area (Å²) in [5.74, 6) is 0. The van der Waals surface area contributed by atoms with E-state index in [0.717, 1.165) is 17.7 Å². The van der Waals surface area contributed by atoms with Gasteiger partial charge in [-0.1, -0.05) is 6.08 Å². The van der Waals surface area contributed by atoms with Crippen LogP contribution in [0.2, 0.25) is 0 Å². The van der Waals surface area contributed by atoms with E-state index in [1.54, 1.807) is 17.3 Å². The summed E-state index contributed by atoms with van der Waals surface area (Å²) in [6.45, 7) is 6.78. The summed E-state index contributed by atoms with van der Waals surface area (Å²) < 4.78 is 6.07. The van der Waals surface area contributed by atoms with Crippen LogP contribution in [0.25, 0.3) is 5.57 Å². The molecule has 0 N–H and O–H groups in total. The van der Waals surface area contributed by atoms with Gasteiger partial charge in [0.25, 0.3) is 0 Å². The van der Waals surface area contributed by atoms with Gasteiger partial charge in [0.2, 0.25) is 0 Å². The second-order valence-corrected chi connectivity index (χ2v) is 6.45. The lowest BCUT2D eigenvalue weighted by Gasteiger charge is -2.29. The Morgan fingerprint density at radius 3 is 2.70 bits per heavy atom. The highest BCUT2D eigenvalue weighted by Gasteiger charge is 2.24. The molecule has 0 radical (unpaired) electrons. The van der Waals surface area contributed by atoms with E-state index in [1.165, 1.54) is 0 Å². The first kappa shape index (κ1) is 15.0. The summed E-state index contributed by atoms with van der Waals surface area (Å²) in [7, 11) is 0. The largest absolute Gasteiger partial charge is 0.444 e. The number of halogens is 1. The van der Waals surface area contributed by atoms with Gasteiger partial charge in [-0.15, -0.1) is 0 Å². The molecular formula is C14H18BrN3O2. The fourth-order valence-electron chi connectivity index (χ4n) is 1.89. The fraction of sp³-hybridized carbons (Fsp3) is 0.500. The van der Waals surface area contributed by atoms with Gasteiger partial charge in [-0.05, 0) is 48.7 Å². The van der Waals surface area contributed by atoms with Crippen molar-refractivity contribution >= 4 is 27.6 Å². The Morgan fingerprint density at radius 1 is 1.40 bits per heavy atom. The zero-order valence-electron chi connectivity index (χ0n) is 11.9. The van der Waals surface area contributed by atoms with E-state index >= 15 is 0 Å². The molecule has 0 aliphatic carbocycles. The maximum atomic E-state index is 11.9. The molecule has 1 aliphatic heterocycles. The second kappa shape index (κ2) is 5.91. The molecule has 0 fully saturated rings. The van der Waals surface area contributed by atoms with Crippen LogP contribution in [0.4, 0.5) is 4.79 Å². The molecule has 1 aromatic rings. The van der Waals surface area contributed by atoms with Crippen molar-refractivity contribution in [1.82, 2.24) is 14.9 Å². The van der Waals surface area contributed by atoms with Crippen LogP contribution >= 0.6 is 15.9 Å². The molecule has 0 aromatic carbocycles. The van der Waals surface area contributed by atoms with Crippen molar-refractivity contribution < 1.29 is 9.53 Å².